The number of hydrogen-bond acceptors (Lipinski definition) is 6. The van der Waals surface area contributed by atoms with Crippen molar-refractivity contribution in [3.63, 3.8) is 0 Å². The van der Waals surface area contributed by atoms with Crippen LogP contribution in [0.5, 0.6) is 11.6 Å². The second-order valence-corrected chi connectivity index (χ2v) is 4.85. The van der Waals surface area contributed by atoms with E-state index in [0.717, 1.165) is 5.69 Å². The third-order valence-corrected chi connectivity index (χ3v) is 2.96. The van der Waals surface area contributed by atoms with Gasteiger partial charge in [-0.15, -0.1) is 0 Å². The van der Waals surface area contributed by atoms with Crippen LogP contribution in [0.2, 0.25) is 0 Å². The number of hydrogen-bond donors (Lipinski definition) is 2. The van der Waals surface area contributed by atoms with Crippen LogP contribution in [0.4, 0.5) is 17.2 Å². The molecule has 0 saturated heterocycles. The van der Waals surface area contributed by atoms with E-state index < -0.39 is 0 Å². The quantitative estimate of drug-likeness (QED) is 0.719. The van der Waals surface area contributed by atoms with Crippen LogP contribution < -0.4 is 15.8 Å². The van der Waals surface area contributed by atoms with E-state index in [2.05, 4.69) is 20.4 Å². The van der Waals surface area contributed by atoms with Crippen molar-refractivity contribution >= 4 is 17.2 Å². The fourth-order valence-corrected chi connectivity index (χ4v) is 1.91. The van der Waals surface area contributed by atoms with Crippen molar-refractivity contribution in [1.29, 1.82) is 0 Å². The molecule has 0 bridgehead atoms. The van der Waals surface area contributed by atoms with Crippen molar-refractivity contribution < 1.29 is 4.74 Å². The number of nitrogens with two attached hydrogens (primary N) is 1. The van der Waals surface area contributed by atoms with Crippen molar-refractivity contribution in [1.82, 2.24) is 19.7 Å². The Balaban J connectivity index is 1.83. The summed E-state index contributed by atoms with van der Waals surface area (Å²) in [5, 5.41) is 7.22. The molecule has 3 aromatic rings. The van der Waals surface area contributed by atoms with Crippen LogP contribution in [0.3, 0.4) is 0 Å². The number of aryl methyl sites for hydroxylation is 2. The molecule has 2 heterocycles. The first kappa shape index (κ1) is 13.9. The minimum atomic E-state index is 0.430. The van der Waals surface area contributed by atoms with Crippen LogP contribution in [0.25, 0.3) is 0 Å². The highest BCUT2D eigenvalue weighted by atomic mass is 16.5. The van der Waals surface area contributed by atoms with Crippen molar-refractivity contribution in [2.45, 2.75) is 6.92 Å². The molecule has 0 amide bonds. The van der Waals surface area contributed by atoms with Gasteiger partial charge in [-0.1, -0.05) is 6.07 Å². The lowest BCUT2D eigenvalue weighted by atomic mass is 10.3. The zero-order valence-corrected chi connectivity index (χ0v) is 12.3. The molecule has 112 valence electrons. The number of nitrogen functional groups attached to an aromatic ring is 1. The molecule has 0 aliphatic carbocycles. The summed E-state index contributed by atoms with van der Waals surface area (Å²) in [6, 6.07) is 7.18. The number of anilines is 3. The Bertz CT molecular complexity index is 798. The average molecular weight is 296 g/mol. The predicted molar refractivity (Wildman–Crippen MR) is 84.2 cm³/mol. The molecule has 22 heavy (non-hydrogen) atoms. The van der Waals surface area contributed by atoms with Crippen molar-refractivity contribution in [3.8, 4) is 11.6 Å². The summed E-state index contributed by atoms with van der Waals surface area (Å²) in [4.78, 5) is 8.72. The van der Waals surface area contributed by atoms with Gasteiger partial charge in [0.05, 0.1) is 23.8 Å². The van der Waals surface area contributed by atoms with E-state index in [1.807, 2.05) is 32.3 Å². The van der Waals surface area contributed by atoms with E-state index in [1.54, 1.807) is 29.2 Å². The summed E-state index contributed by atoms with van der Waals surface area (Å²) in [5.74, 6) is 1.63. The van der Waals surface area contributed by atoms with Crippen LogP contribution in [0.1, 0.15) is 5.69 Å². The molecular formula is C15H16N6O. The highest BCUT2D eigenvalue weighted by Gasteiger charge is 2.08. The first-order valence-corrected chi connectivity index (χ1v) is 6.73. The third-order valence-electron chi connectivity index (χ3n) is 2.96. The Morgan fingerprint density at radius 3 is 2.86 bits per heavy atom. The molecule has 7 nitrogen and oxygen atoms in total. The maximum atomic E-state index is 5.76. The van der Waals surface area contributed by atoms with Gasteiger partial charge in [0, 0.05) is 25.0 Å². The molecule has 0 spiro atoms. The Kier molecular flexibility index (Phi) is 3.61. The third kappa shape index (κ3) is 3.14. The maximum absolute atomic E-state index is 5.76. The predicted octanol–water partition coefficient (Wildman–Crippen LogP) is 2.64. The fraction of sp³-hybridized carbons (Fsp3) is 0.133. The van der Waals surface area contributed by atoms with Crippen molar-refractivity contribution in [2.75, 3.05) is 11.1 Å². The van der Waals surface area contributed by atoms with E-state index in [9.17, 15) is 0 Å². The van der Waals surface area contributed by atoms with E-state index in [1.165, 1.54) is 0 Å². The molecule has 0 saturated carbocycles. The minimum Gasteiger partial charge on any atom is -0.437 e. The number of benzene rings is 1. The Labute approximate surface area is 127 Å². The van der Waals surface area contributed by atoms with E-state index in [0.29, 0.717) is 28.8 Å². The first-order valence-electron chi connectivity index (χ1n) is 6.73. The lowest BCUT2D eigenvalue weighted by molar-refractivity contribution is 0.456. The molecule has 0 radical (unpaired) electrons. The second kappa shape index (κ2) is 5.72. The molecule has 2 aromatic heterocycles. The zero-order chi connectivity index (χ0) is 15.5. The number of rotatable bonds is 4. The molecule has 1 aromatic carbocycles. The van der Waals surface area contributed by atoms with Gasteiger partial charge in [-0.05, 0) is 19.1 Å². The second-order valence-electron chi connectivity index (χ2n) is 4.85. The fourth-order valence-electron chi connectivity index (χ4n) is 1.91. The van der Waals surface area contributed by atoms with Gasteiger partial charge in [-0.2, -0.15) is 10.1 Å². The summed E-state index contributed by atoms with van der Waals surface area (Å²) in [6.07, 6.45) is 5.20. The first-order chi connectivity index (χ1) is 10.6. The summed E-state index contributed by atoms with van der Waals surface area (Å²) >= 11 is 0. The van der Waals surface area contributed by atoms with Gasteiger partial charge in [-0.25, -0.2) is 0 Å². The van der Waals surface area contributed by atoms with Gasteiger partial charge in [0.15, 0.2) is 5.82 Å². The zero-order valence-electron chi connectivity index (χ0n) is 12.3. The van der Waals surface area contributed by atoms with Gasteiger partial charge in [0.1, 0.15) is 5.75 Å². The largest absolute Gasteiger partial charge is 0.437 e. The van der Waals surface area contributed by atoms with Crippen LogP contribution >= 0.6 is 0 Å². The summed E-state index contributed by atoms with van der Waals surface area (Å²) in [7, 11) is 1.85. The number of ether oxygens (including phenoxy) is 1. The summed E-state index contributed by atoms with van der Waals surface area (Å²) in [5.41, 5.74) is 7.90. The molecule has 0 aliphatic heterocycles. The maximum Gasteiger partial charge on any atom is 0.242 e. The van der Waals surface area contributed by atoms with E-state index >= 15 is 0 Å². The van der Waals surface area contributed by atoms with Gasteiger partial charge >= 0.3 is 0 Å². The SMILES string of the molecule is Cc1ncc(Nc2cnn(C)c2)nc1Oc1cccc(N)c1. The molecule has 0 unspecified atom stereocenters. The topological polar surface area (TPSA) is 90.9 Å². The Hall–Kier alpha value is -3.09. The Morgan fingerprint density at radius 2 is 2.14 bits per heavy atom. The number of aromatic nitrogens is 4. The lowest BCUT2D eigenvalue weighted by Crippen LogP contribution is -1.99. The number of nitrogens with zero attached hydrogens (tertiary/aromatic N) is 4. The van der Waals surface area contributed by atoms with Gasteiger partial charge < -0.3 is 15.8 Å². The average Bonchev–Trinajstić information content (AvgIpc) is 2.88. The summed E-state index contributed by atoms with van der Waals surface area (Å²) < 4.78 is 7.46. The van der Waals surface area contributed by atoms with E-state index in [-0.39, 0.29) is 0 Å². The van der Waals surface area contributed by atoms with E-state index in [4.69, 9.17) is 10.5 Å². The van der Waals surface area contributed by atoms with Crippen molar-refractivity contribution in [3.05, 3.63) is 48.5 Å². The molecule has 3 N–H and O–H groups in total. The number of nitrogens with one attached hydrogen (secondary N) is 1. The van der Waals surface area contributed by atoms with Crippen LogP contribution in [-0.2, 0) is 7.05 Å². The molecule has 3 rings (SSSR count). The Morgan fingerprint density at radius 1 is 1.27 bits per heavy atom. The van der Waals surface area contributed by atoms with Gasteiger partial charge in [0.2, 0.25) is 5.88 Å². The van der Waals surface area contributed by atoms with Crippen LogP contribution in [-0.4, -0.2) is 19.7 Å². The lowest BCUT2D eigenvalue weighted by Gasteiger charge is -2.09. The molecule has 0 atom stereocenters. The molecular weight excluding hydrogens is 280 g/mol. The standard InChI is InChI=1S/C15H16N6O/c1-10-15(22-13-5-3-4-11(16)6-13)20-14(8-17-10)19-12-7-18-21(2)9-12/h3-9H,16H2,1-2H3,(H,19,20). The monoisotopic (exact) mass is 296 g/mol. The minimum absolute atomic E-state index is 0.430. The van der Waals surface area contributed by atoms with Gasteiger partial charge in [-0.3, -0.25) is 9.67 Å². The smallest absolute Gasteiger partial charge is 0.242 e. The molecule has 7 heteroatoms. The highest BCUT2D eigenvalue weighted by Crippen LogP contribution is 2.25. The normalized spacial score (nSPS) is 10.5. The van der Waals surface area contributed by atoms with Crippen molar-refractivity contribution in [2.24, 2.45) is 7.05 Å². The molecule has 0 aliphatic rings. The van der Waals surface area contributed by atoms with Gasteiger partial charge in [0.25, 0.3) is 0 Å². The van der Waals surface area contributed by atoms with Crippen LogP contribution in [0, 0.1) is 6.92 Å². The van der Waals surface area contributed by atoms with Crippen LogP contribution in [0.15, 0.2) is 42.9 Å². The summed E-state index contributed by atoms with van der Waals surface area (Å²) in [6.45, 7) is 1.84. The highest BCUT2D eigenvalue weighted by molar-refractivity contribution is 5.54. The molecule has 0 fully saturated rings.